The second kappa shape index (κ2) is 7.49. The molecule has 0 aromatic rings. The van der Waals surface area contributed by atoms with Gasteiger partial charge in [-0.1, -0.05) is 47.0 Å². The van der Waals surface area contributed by atoms with Crippen LogP contribution in [0, 0.1) is 5.92 Å². The minimum Gasteiger partial charge on any atom is -0.311 e. The Bertz CT molecular complexity index is 225. The number of hydrogen-bond donors (Lipinski definition) is 1. The van der Waals surface area contributed by atoms with Crippen LogP contribution in [-0.2, 0) is 0 Å². The first-order chi connectivity index (χ1) is 8.59. The third-order valence-corrected chi connectivity index (χ3v) is 5.01. The first-order valence-electron chi connectivity index (χ1n) is 8.08. The molecule has 0 spiro atoms. The van der Waals surface area contributed by atoms with Gasteiger partial charge in [0.15, 0.2) is 0 Å². The van der Waals surface area contributed by atoms with E-state index in [1.165, 1.54) is 45.2 Å². The van der Waals surface area contributed by atoms with Gasteiger partial charge < -0.3 is 5.32 Å². The van der Waals surface area contributed by atoms with Gasteiger partial charge in [0.1, 0.15) is 0 Å². The van der Waals surface area contributed by atoms with E-state index in [9.17, 15) is 0 Å². The Morgan fingerprint density at radius 1 is 1.22 bits per heavy atom. The maximum absolute atomic E-state index is 3.76. The highest BCUT2D eigenvalue weighted by atomic mass is 15.3. The lowest BCUT2D eigenvalue weighted by Crippen LogP contribution is -2.63. The van der Waals surface area contributed by atoms with E-state index in [1.807, 2.05) is 0 Å². The fourth-order valence-corrected chi connectivity index (χ4v) is 3.07. The molecule has 0 bridgehead atoms. The van der Waals surface area contributed by atoms with Crippen LogP contribution in [0.5, 0.6) is 0 Å². The van der Waals surface area contributed by atoms with Gasteiger partial charge in [-0.15, -0.1) is 0 Å². The van der Waals surface area contributed by atoms with Crippen LogP contribution in [0.25, 0.3) is 0 Å². The van der Waals surface area contributed by atoms with Crippen molar-refractivity contribution in [1.29, 1.82) is 0 Å². The van der Waals surface area contributed by atoms with Crippen molar-refractivity contribution in [2.45, 2.75) is 78.3 Å². The summed E-state index contributed by atoms with van der Waals surface area (Å²) in [6.45, 7) is 15.4. The van der Waals surface area contributed by atoms with Gasteiger partial charge in [-0.3, -0.25) is 4.90 Å². The Balaban J connectivity index is 2.66. The predicted octanol–water partition coefficient (Wildman–Crippen LogP) is 3.67. The van der Waals surface area contributed by atoms with Crippen LogP contribution in [-0.4, -0.2) is 36.1 Å². The Morgan fingerprint density at radius 3 is 2.39 bits per heavy atom. The van der Waals surface area contributed by atoms with Gasteiger partial charge >= 0.3 is 0 Å². The van der Waals surface area contributed by atoms with E-state index in [0.29, 0.717) is 11.6 Å². The number of rotatable bonds is 7. The van der Waals surface area contributed by atoms with E-state index in [2.05, 4.69) is 44.8 Å². The van der Waals surface area contributed by atoms with Gasteiger partial charge in [0, 0.05) is 31.2 Å². The quantitative estimate of drug-likeness (QED) is 0.746. The van der Waals surface area contributed by atoms with Crippen molar-refractivity contribution in [3.8, 4) is 0 Å². The Morgan fingerprint density at radius 2 is 1.89 bits per heavy atom. The van der Waals surface area contributed by atoms with Gasteiger partial charge in [-0.2, -0.15) is 0 Å². The zero-order chi connectivity index (χ0) is 13.6. The SMILES string of the molecule is CCCC1CN(CC(CC)CC)C(C)(CC)CN1. The van der Waals surface area contributed by atoms with E-state index in [0.717, 1.165) is 12.5 Å². The van der Waals surface area contributed by atoms with Crippen molar-refractivity contribution in [3.63, 3.8) is 0 Å². The molecule has 0 aliphatic carbocycles. The van der Waals surface area contributed by atoms with Crippen molar-refractivity contribution in [3.05, 3.63) is 0 Å². The van der Waals surface area contributed by atoms with Crippen LogP contribution in [0.4, 0.5) is 0 Å². The Kier molecular flexibility index (Phi) is 6.65. The van der Waals surface area contributed by atoms with Crippen molar-refractivity contribution in [2.75, 3.05) is 19.6 Å². The fraction of sp³-hybridized carbons (Fsp3) is 1.00. The molecule has 1 aliphatic rings. The van der Waals surface area contributed by atoms with Crippen LogP contribution in [0.1, 0.15) is 66.7 Å². The standard InChI is InChI=1S/C16H34N2/c1-6-10-15-12-18(11-14(7-2)8-3)16(5,9-4)13-17-15/h14-15,17H,6-13H2,1-5H3. The monoisotopic (exact) mass is 254 g/mol. The summed E-state index contributed by atoms with van der Waals surface area (Å²) in [6.07, 6.45) is 6.49. The first kappa shape index (κ1) is 16.0. The summed E-state index contributed by atoms with van der Waals surface area (Å²) in [5.74, 6) is 0.872. The summed E-state index contributed by atoms with van der Waals surface area (Å²) < 4.78 is 0. The van der Waals surface area contributed by atoms with Crippen molar-refractivity contribution >= 4 is 0 Å². The van der Waals surface area contributed by atoms with Gasteiger partial charge in [0.25, 0.3) is 0 Å². The van der Waals surface area contributed by atoms with E-state index in [1.54, 1.807) is 0 Å². The molecule has 1 N–H and O–H groups in total. The minimum atomic E-state index is 0.368. The molecule has 2 unspecified atom stereocenters. The van der Waals surface area contributed by atoms with Crippen LogP contribution < -0.4 is 5.32 Å². The number of piperazine rings is 1. The first-order valence-corrected chi connectivity index (χ1v) is 8.08. The number of nitrogens with one attached hydrogen (secondary N) is 1. The molecule has 2 heteroatoms. The van der Waals surface area contributed by atoms with Gasteiger partial charge in [-0.05, 0) is 25.7 Å². The second-order valence-electron chi connectivity index (χ2n) is 6.30. The molecule has 0 radical (unpaired) electrons. The van der Waals surface area contributed by atoms with E-state index in [4.69, 9.17) is 0 Å². The molecule has 108 valence electrons. The summed E-state index contributed by atoms with van der Waals surface area (Å²) in [7, 11) is 0. The largest absolute Gasteiger partial charge is 0.311 e. The fourth-order valence-electron chi connectivity index (χ4n) is 3.07. The van der Waals surface area contributed by atoms with Gasteiger partial charge in [0.2, 0.25) is 0 Å². The molecule has 18 heavy (non-hydrogen) atoms. The van der Waals surface area contributed by atoms with Crippen LogP contribution in [0.3, 0.4) is 0 Å². The highest BCUT2D eigenvalue weighted by Gasteiger charge is 2.36. The average Bonchev–Trinajstić information content (AvgIpc) is 2.39. The summed E-state index contributed by atoms with van der Waals surface area (Å²) in [5, 5.41) is 3.76. The topological polar surface area (TPSA) is 15.3 Å². The molecule has 0 aromatic heterocycles. The Hall–Kier alpha value is -0.0800. The third kappa shape index (κ3) is 3.96. The molecule has 0 amide bonds. The number of hydrogen-bond acceptors (Lipinski definition) is 2. The summed E-state index contributed by atoms with van der Waals surface area (Å²) in [6, 6.07) is 0.712. The van der Waals surface area contributed by atoms with Crippen molar-refractivity contribution < 1.29 is 0 Å². The minimum absolute atomic E-state index is 0.368. The maximum atomic E-state index is 3.76. The third-order valence-electron chi connectivity index (χ3n) is 5.01. The lowest BCUT2D eigenvalue weighted by Gasteiger charge is -2.49. The average molecular weight is 254 g/mol. The predicted molar refractivity (Wildman–Crippen MR) is 81.0 cm³/mol. The van der Waals surface area contributed by atoms with Crippen LogP contribution in [0.15, 0.2) is 0 Å². The molecule has 1 heterocycles. The van der Waals surface area contributed by atoms with E-state index >= 15 is 0 Å². The summed E-state index contributed by atoms with van der Waals surface area (Å²) in [5.41, 5.74) is 0.368. The molecule has 2 nitrogen and oxygen atoms in total. The highest BCUT2D eigenvalue weighted by molar-refractivity contribution is 4.95. The molecular formula is C16H34N2. The van der Waals surface area contributed by atoms with Crippen LogP contribution >= 0.6 is 0 Å². The zero-order valence-corrected chi connectivity index (χ0v) is 13.3. The van der Waals surface area contributed by atoms with Gasteiger partial charge in [0.05, 0.1) is 0 Å². The molecular weight excluding hydrogens is 220 g/mol. The zero-order valence-electron chi connectivity index (χ0n) is 13.3. The maximum Gasteiger partial charge on any atom is 0.0304 e. The smallest absolute Gasteiger partial charge is 0.0304 e. The molecule has 0 aromatic carbocycles. The van der Waals surface area contributed by atoms with Gasteiger partial charge in [-0.25, -0.2) is 0 Å². The molecule has 1 saturated heterocycles. The second-order valence-corrected chi connectivity index (χ2v) is 6.30. The lowest BCUT2D eigenvalue weighted by molar-refractivity contribution is 0.0318. The van der Waals surface area contributed by atoms with Crippen molar-refractivity contribution in [1.82, 2.24) is 10.2 Å². The summed E-state index contributed by atoms with van der Waals surface area (Å²) in [4.78, 5) is 2.78. The molecule has 1 fully saturated rings. The molecule has 2 atom stereocenters. The van der Waals surface area contributed by atoms with Crippen LogP contribution in [0.2, 0.25) is 0 Å². The number of nitrogens with zero attached hydrogens (tertiary/aromatic N) is 1. The lowest BCUT2D eigenvalue weighted by atomic mass is 9.89. The van der Waals surface area contributed by atoms with E-state index in [-0.39, 0.29) is 0 Å². The van der Waals surface area contributed by atoms with Crippen molar-refractivity contribution in [2.24, 2.45) is 5.92 Å². The summed E-state index contributed by atoms with van der Waals surface area (Å²) >= 11 is 0. The highest BCUT2D eigenvalue weighted by Crippen LogP contribution is 2.26. The molecule has 1 aliphatic heterocycles. The molecule has 1 rings (SSSR count). The normalized spacial score (nSPS) is 30.0. The van der Waals surface area contributed by atoms with E-state index < -0.39 is 0 Å². The molecule has 0 saturated carbocycles. The Labute approximate surface area is 115 Å².